The number of carbonyl (C=O) groups is 2. The number of hydrogen-bond acceptors (Lipinski definition) is 6. The number of hydrogen-bond donors (Lipinski definition) is 1. The number of aromatic nitrogens is 1. The molecule has 0 saturated carbocycles. The van der Waals surface area contributed by atoms with Gasteiger partial charge in [0.25, 0.3) is 5.78 Å². The van der Waals surface area contributed by atoms with E-state index in [1.54, 1.807) is 48.5 Å². The van der Waals surface area contributed by atoms with Crippen LogP contribution in [0, 0.1) is 13.8 Å². The van der Waals surface area contributed by atoms with Crippen LogP contribution >= 0.6 is 11.3 Å². The van der Waals surface area contributed by atoms with Crippen molar-refractivity contribution in [3.05, 3.63) is 81.9 Å². The molecule has 2 heterocycles. The number of amides is 1. The molecule has 6 nitrogen and oxygen atoms in total. The summed E-state index contributed by atoms with van der Waals surface area (Å²) in [6.07, 6.45) is 0. The Morgan fingerprint density at radius 1 is 1.10 bits per heavy atom. The van der Waals surface area contributed by atoms with E-state index < -0.39 is 17.7 Å². The Kier molecular flexibility index (Phi) is 5.61. The van der Waals surface area contributed by atoms with Gasteiger partial charge in [0.2, 0.25) is 0 Å². The molecule has 0 radical (unpaired) electrons. The molecular formula is C24H22N2O4S. The van der Waals surface area contributed by atoms with Crippen LogP contribution < -0.4 is 9.64 Å². The molecule has 0 bridgehead atoms. The quantitative estimate of drug-likeness (QED) is 0.355. The minimum Gasteiger partial charge on any atom is -0.507 e. The Bertz CT molecular complexity index is 1150. The third kappa shape index (κ3) is 3.72. The lowest BCUT2D eigenvalue weighted by Crippen LogP contribution is -2.29. The molecule has 1 saturated heterocycles. The maximum absolute atomic E-state index is 13.1. The highest BCUT2D eigenvalue weighted by Crippen LogP contribution is 2.43. The van der Waals surface area contributed by atoms with Gasteiger partial charge in [-0.1, -0.05) is 42.5 Å². The Morgan fingerprint density at radius 3 is 2.35 bits per heavy atom. The molecule has 1 aliphatic rings. The molecule has 4 rings (SSSR count). The molecule has 1 N–H and O–H groups in total. The summed E-state index contributed by atoms with van der Waals surface area (Å²) in [5.74, 6) is -0.951. The van der Waals surface area contributed by atoms with Crippen LogP contribution in [0.5, 0.6) is 5.75 Å². The summed E-state index contributed by atoms with van der Waals surface area (Å²) in [6, 6.07) is 15.2. The van der Waals surface area contributed by atoms with E-state index in [0.717, 1.165) is 10.6 Å². The lowest BCUT2D eigenvalue weighted by molar-refractivity contribution is -0.132. The first-order chi connectivity index (χ1) is 14.9. The van der Waals surface area contributed by atoms with E-state index in [0.29, 0.717) is 28.6 Å². The second-order valence-corrected chi connectivity index (χ2v) is 8.36. The van der Waals surface area contributed by atoms with Gasteiger partial charge >= 0.3 is 5.91 Å². The summed E-state index contributed by atoms with van der Waals surface area (Å²) < 4.78 is 5.52. The molecule has 1 fully saturated rings. The number of anilines is 1. The fourth-order valence-electron chi connectivity index (χ4n) is 3.57. The van der Waals surface area contributed by atoms with Crippen molar-refractivity contribution in [3.8, 4) is 5.75 Å². The molecule has 31 heavy (non-hydrogen) atoms. The van der Waals surface area contributed by atoms with E-state index in [2.05, 4.69) is 4.98 Å². The second-order valence-electron chi connectivity index (χ2n) is 7.18. The predicted octanol–water partition coefficient (Wildman–Crippen LogP) is 4.78. The van der Waals surface area contributed by atoms with Crippen molar-refractivity contribution in [1.82, 2.24) is 4.98 Å². The molecule has 1 amide bonds. The monoisotopic (exact) mass is 434 g/mol. The van der Waals surface area contributed by atoms with Crippen molar-refractivity contribution in [2.24, 2.45) is 0 Å². The highest BCUT2D eigenvalue weighted by Gasteiger charge is 2.48. The maximum atomic E-state index is 13.1. The summed E-state index contributed by atoms with van der Waals surface area (Å²) in [6.45, 7) is 6.21. The third-order valence-corrected chi connectivity index (χ3v) is 6.29. The molecule has 7 heteroatoms. The smallest absolute Gasteiger partial charge is 0.301 e. The van der Waals surface area contributed by atoms with Crippen molar-refractivity contribution in [2.75, 3.05) is 11.5 Å². The van der Waals surface area contributed by atoms with Crippen LogP contribution in [0.3, 0.4) is 0 Å². The summed E-state index contributed by atoms with van der Waals surface area (Å²) in [4.78, 5) is 33.0. The average molecular weight is 435 g/mol. The number of ether oxygens (including phenoxy) is 1. The van der Waals surface area contributed by atoms with Crippen molar-refractivity contribution in [3.63, 3.8) is 0 Å². The van der Waals surface area contributed by atoms with Gasteiger partial charge in [0.15, 0.2) is 5.13 Å². The van der Waals surface area contributed by atoms with E-state index in [4.69, 9.17) is 4.74 Å². The minimum absolute atomic E-state index is 0.0471. The Balaban J connectivity index is 1.91. The van der Waals surface area contributed by atoms with Gasteiger partial charge in [-0.25, -0.2) is 4.98 Å². The van der Waals surface area contributed by atoms with E-state index in [-0.39, 0.29) is 11.3 Å². The summed E-state index contributed by atoms with van der Waals surface area (Å²) in [5, 5.41) is 11.5. The first kappa shape index (κ1) is 20.8. The van der Waals surface area contributed by atoms with E-state index in [9.17, 15) is 14.7 Å². The second kappa shape index (κ2) is 8.35. The Labute approximate surface area is 184 Å². The molecule has 1 aromatic heterocycles. The van der Waals surface area contributed by atoms with Crippen molar-refractivity contribution in [2.45, 2.75) is 26.8 Å². The van der Waals surface area contributed by atoms with Gasteiger partial charge in [-0.2, -0.15) is 0 Å². The SMILES string of the molecule is CCOc1ccc(C2C(=C(O)c3ccccc3)C(=O)C(=O)N2c2nc(C)c(C)s2)cc1. The van der Waals surface area contributed by atoms with Gasteiger partial charge < -0.3 is 9.84 Å². The van der Waals surface area contributed by atoms with Crippen LogP contribution in [0.25, 0.3) is 5.76 Å². The van der Waals surface area contributed by atoms with E-state index >= 15 is 0 Å². The molecule has 1 aliphatic heterocycles. The van der Waals surface area contributed by atoms with Gasteiger partial charge in [-0.05, 0) is 38.5 Å². The molecule has 3 aromatic rings. The molecule has 0 aliphatic carbocycles. The number of aliphatic hydroxyl groups is 1. The van der Waals surface area contributed by atoms with E-state index in [1.807, 2.05) is 26.8 Å². The number of thiazole rings is 1. The number of benzene rings is 2. The van der Waals surface area contributed by atoms with Gasteiger partial charge in [0.1, 0.15) is 11.5 Å². The van der Waals surface area contributed by atoms with Crippen LogP contribution in [-0.2, 0) is 9.59 Å². The molecule has 2 aromatic carbocycles. The fraction of sp³-hybridized carbons (Fsp3) is 0.208. The van der Waals surface area contributed by atoms with Gasteiger partial charge in [-0.15, -0.1) is 11.3 Å². The van der Waals surface area contributed by atoms with Crippen LogP contribution in [0.15, 0.2) is 60.2 Å². The number of ketones is 1. The number of aryl methyl sites for hydroxylation is 2. The molecule has 1 atom stereocenters. The standard InChI is InChI=1S/C24H22N2O4S/c1-4-30-18-12-10-16(11-13-18)20-19(21(27)17-8-6-5-7-9-17)22(28)23(29)26(20)24-25-14(2)15(3)31-24/h5-13,20,27H,4H2,1-3H3. The number of Topliss-reactive ketones (excluding diaryl/α,β-unsaturated/α-hetero) is 1. The Morgan fingerprint density at radius 2 is 1.77 bits per heavy atom. The first-order valence-electron chi connectivity index (χ1n) is 9.95. The van der Waals surface area contributed by atoms with Crippen molar-refractivity contribution < 1.29 is 19.4 Å². The number of rotatable bonds is 5. The zero-order valence-electron chi connectivity index (χ0n) is 17.5. The zero-order valence-corrected chi connectivity index (χ0v) is 18.3. The summed E-state index contributed by atoms with van der Waals surface area (Å²) in [7, 11) is 0. The maximum Gasteiger partial charge on any atom is 0.301 e. The van der Waals surface area contributed by atoms with Crippen molar-refractivity contribution in [1.29, 1.82) is 0 Å². The topological polar surface area (TPSA) is 79.7 Å². The average Bonchev–Trinajstić information content (AvgIpc) is 3.24. The number of carbonyl (C=O) groups excluding carboxylic acids is 2. The largest absolute Gasteiger partial charge is 0.507 e. The van der Waals surface area contributed by atoms with Gasteiger partial charge in [0.05, 0.1) is 23.9 Å². The predicted molar refractivity (Wildman–Crippen MR) is 120 cm³/mol. The minimum atomic E-state index is -0.791. The zero-order chi connectivity index (χ0) is 22.1. The van der Waals surface area contributed by atoms with E-state index in [1.165, 1.54) is 16.2 Å². The van der Waals surface area contributed by atoms with Crippen LogP contribution in [0.1, 0.15) is 34.7 Å². The lowest BCUT2D eigenvalue weighted by atomic mass is 9.95. The summed E-state index contributed by atoms with van der Waals surface area (Å²) >= 11 is 1.35. The fourth-order valence-corrected chi connectivity index (χ4v) is 4.51. The van der Waals surface area contributed by atoms with Crippen LogP contribution in [0.4, 0.5) is 5.13 Å². The Hall–Kier alpha value is -3.45. The van der Waals surface area contributed by atoms with Gasteiger partial charge in [0, 0.05) is 10.4 Å². The summed E-state index contributed by atoms with van der Waals surface area (Å²) in [5.41, 5.74) is 2.01. The van der Waals surface area contributed by atoms with Gasteiger partial charge in [-0.3, -0.25) is 14.5 Å². The molecule has 1 unspecified atom stereocenters. The lowest BCUT2D eigenvalue weighted by Gasteiger charge is -2.23. The molecule has 0 spiro atoms. The molecule has 158 valence electrons. The van der Waals surface area contributed by atoms with Crippen molar-refractivity contribution >= 4 is 33.9 Å². The molecular weight excluding hydrogens is 412 g/mol. The first-order valence-corrected chi connectivity index (χ1v) is 10.8. The van der Waals surface area contributed by atoms with Crippen LogP contribution in [-0.4, -0.2) is 28.4 Å². The number of nitrogens with zero attached hydrogens (tertiary/aromatic N) is 2. The highest BCUT2D eigenvalue weighted by atomic mass is 32.1. The normalized spacial score (nSPS) is 17.9. The highest BCUT2D eigenvalue weighted by molar-refractivity contribution is 7.16. The van der Waals surface area contributed by atoms with Crippen LogP contribution in [0.2, 0.25) is 0 Å². The third-order valence-electron chi connectivity index (χ3n) is 5.22. The number of aliphatic hydroxyl groups excluding tert-OH is 1.